The van der Waals surface area contributed by atoms with E-state index in [4.69, 9.17) is 0 Å². The van der Waals surface area contributed by atoms with Crippen molar-refractivity contribution in [3.63, 3.8) is 0 Å². The molecule has 1 saturated carbocycles. The highest BCUT2D eigenvalue weighted by Gasteiger charge is 2.49. The lowest BCUT2D eigenvalue weighted by Crippen LogP contribution is -2.44. The van der Waals surface area contributed by atoms with E-state index in [1.807, 2.05) is 16.7 Å². The maximum Gasteiger partial charge on any atom is 0.320 e. The van der Waals surface area contributed by atoms with Gasteiger partial charge in [0.2, 0.25) is 5.91 Å². The maximum atomic E-state index is 14.2. The van der Waals surface area contributed by atoms with E-state index >= 15 is 0 Å². The van der Waals surface area contributed by atoms with Gasteiger partial charge in [-0.2, -0.15) is 0 Å². The molecule has 1 atom stereocenters. The van der Waals surface area contributed by atoms with Crippen LogP contribution in [-0.4, -0.2) is 52.5 Å². The number of amides is 1. The molecule has 6 heteroatoms. The van der Waals surface area contributed by atoms with Crippen LogP contribution in [0.3, 0.4) is 0 Å². The molecule has 3 aliphatic rings. The van der Waals surface area contributed by atoms with Crippen molar-refractivity contribution in [1.82, 2.24) is 9.80 Å². The molecule has 3 fully saturated rings. The van der Waals surface area contributed by atoms with Crippen LogP contribution in [0.5, 0.6) is 0 Å². The second kappa shape index (κ2) is 6.89. The van der Waals surface area contributed by atoms with Gasteiger partial charge in [-0.25, -0.2) is 4.39 Å². The molecule has 1 unspecified atom stereocenters. The van der Waals surface area contributed by atoms with Crippen molar-refractivity contribution in [3.05, 3.63) is 35.1 Å². The predicted octanol–water partition coefficient (Wildman–Crippen LogP) is 2.81. The quantitative estimate of drug-likeness (QED) is 0.880. The molecule has 1 amide bonds. The van der Waals surface area contributed by atoms with Gasteiger partial charge in [0.15, 0.2) is 0 Å². The Hall–Kier alpha value is -1.95. The van der Waals surface area contributed by atoms with Crippen LogP contribution in [-0.2, 0) is 16.1 Å². The van der Waals surface area contributed by atoms with E-state index in [2.05, 4.69) is 0 Å². The molecule has 1 spiro atoms. The number of carboxylic acid groups (broad SMARTS) is 1. The lowest BCUT2D eigenvalue weighted by molar-refractivity contribution is -0.142. The number of carbonyl (C=O) groups excluding carboxylic acids is 1. The van der Waals surface area contributed by atoms with Crippen LogP contribution in [0.2, 0.25) is 0 Å². The fourth-order valence-corrected chi connectivity index (χ4v) is 4.75. The zero-order valence-corrected chi connectivity index (χ0v) is 15.8. The van der Waals surface area contributed by atoms with Crippen LogP contribution in [0.15, 0.2) is 18.2 Å². The van der Waals surface area contributed by atoms with Crippen molar-refractivity contribution in [2.45, 2.75) is 51.6 Å². The normalized spacial score (nSPS) is 25.1. The Bertz CT molecular complexity index is 754. The van der Waals surface area contributed by atoms with Crippen molar-refractivity contribution >= 4 is 11.9 Å². The molecule has 0 aromatic heterocycles. The molecule has 1 aromatic rings. The molecular formula is C21H27FN2O3. The summed E-state index contributed by atoms with van der Waals surface area (Å²) in [7, 11) is 0. The number of nitrogens with zero attached hydrogens (tertiary/aromatic N) is 2. The first-order chi connectivity index (χ1) is 12.9. The number of aryl methyl sites for hydroxylation is 1. The Morgan fingerprint density at radius 2 is 1.96 bits per heavy atom. The SMILES string of the molecule is Cc1ccc(F)c(CN2CC3(CCN(C(=O)C4CC4)CC3)CC2C(=O)O)c1. The Morgan fingerprint density at radius 3 is 2.59 bits per heavy atom. The minimum Gasteiger partial charge on any atom is -0.480 e. The van der Waals surface area contributed by atoms with E-state index in [0.29, 0.717) is 38.2 Å². The average molecular weight is 374 g/mol. The molecule has 146 valence electrons. The first kappa shape index (κ1) is 18.4. The van der Waals surface area contributed by atoms with Gasteiger partial charge in [-0.15, -0.1) is 0 Å². The summed E-state index contributed by atoms with van der Waals surface area (Å²) in [6.07, 6.45) is 4.28. The number of rotatable bonds is 4. The molecule has 1 aromatic carbocycles. The summed E-state index contributed by atoms with van der Waals surface area (Å²) in [6, 6.07) is 4.39. The standard InChI is InChI=1S/C21H27FN2O3/c1-14-2-5-17(22)16(10-14)12-24-13-21(11-18(24)20(26)27)6-8-23(9-7-21)19(25)15-3-4-15/h2,5,10,15,18H,3-4,6-9,11-13H2,1H3,(H,26,27). The van der Waals surface area contributed by atoms with Crippen LogP contribution < -0.4 is 0 Å². The summed E-state index contributed by atoms with van der Waals surface area (Å²) in [5, 5.41) is 9.72. The van der Waals surface area contributed by atoms with Gasteiger partial charge < -0.3 is 10.0 Å². The van der Waals surface area contributed by atoms with Crippen molar-refractivity contribution in [2.75, 3.05) is 19.6 Å². The number of halogens is 1. The number of carbonyl (C=O) groups is 2. The zero-order valence-electron chi connectivity index (χ0n) is 15.8. The van der Waals surface area contributed by atoms with Crippen LogP contribution in [0, 0.1) is 24.1 Å². The largest absolute Gasteiger partial charge is 0.480 e. The van der Waals surface area contributed by atoms with E-state index in [1.54, 1.807) is 12.1 Å². The Morgan fingerprint density at radius 1 is 1.26 bits per heavy atom. The predicted molar refractivity (Wildman–Crippen MR) is 98.6 cm³/mol. The highest BCUT2D eigenvalue weighted by Crippen LogP contribution is 2.45. The number of hydrogen-bond donors (Lipinski definition) is 1. The van der Waals surface area contributed by atoms with Crippen LogP contribution in [0.1, 0.15) is 43.2 Å². The molecule has 0 radical (unpaired) electrons. The van der Waals surface area contributed by atoms with Gasteiger partial charge in [0, 0.05) is 37.7 Å². The number of aliphatic carboxylic acids is 1. The maximum absolute atomic E-state index is 14.2. The minimum absolute atomic E-state index is 0.0797. The summed E-state index contributed by atoms with van der Waals surface area (Å²) >= 11 is 0. The van der Waals surface area contributed by atoms with Crippen molar-refractivity contribution < 1.29 is 19.1 Å². The number of hydrogen-bond acceptors (Lipinski definition) is 3. The van der Waals surface area contributed by atoms with Gasteiger partial charge in [-0.05, 0) is 50.5 Å². The number of piperidine rings is 1. The van der Waals surface area contributed by atoms with Crippen molar-refractivity contribution in [3.8, 4) is 0 Å². The van der Waals surface area contributed by atoms with Crippen molar-refractivity contribution in [1.29, 1.82) is 0 Å². The smallest absolute Gasteiger partial charge is 0.320 e. The van der Waals surface area contributed by atoms with Gasteiger partial charge in [0.25, 0.3) is 0 Å². The Balaban J connectivity index is 1.46. The lowest BCUT2D eigenvalue weighted by atomic mass is 9.76. The number of carboxylic acids is 1. The topological polar surface area (TPSA) is 60.9 Å². The average Bonchev–Trinajstić information content (AvgIpc) is 3.42. The highest BCUT2D eigenvalue weighted by molar-refractivity contribution is 5.81. The minimum atomic E-state index is -0.837. The second-order valence-electron chi connectivity index (χ2n) is 8.66. The summed E-state index contributed by atoms with van der Waals surface area (Å²) in [6.45, 7) is 4.32. The van der Waals surface area contributed by atoms with Gasteiger partial charge in [0.1, 0.15) is 11.9 Å². The first-order valence-corrected chi connectivity index (χ1v) is 9.88. The summed E-state index contributed by atoms with van der Waals surface area (Å²) in [4.78, 5) is 28.0. The van der Waals surface area contributed by atoms with E-state index < -0.39 is 12.0 Å². The van der Waals surface area contributed by atoms with Crippen molar-refractivity contribution in [2.24, 2.45) is 11.3 Å². The summed E-state index contributed by atoms with van der Waals surface area (Å²) in [5.41, 5.74) is 1.45. The third-order valence-electron chi connectivity index (χ3n) is 6.53. The molecule has 2 saturated heterocycles. The van der Waals surface area contributed by atoms with E-state index in [9.17, 15) is 19.1 Å². The monoisotopic (exact) mass is 374 g/mol. The van der Waals surface area contributed by atoms with Gasteiger partial charge in [-0.3, -0.25) is 14.5 Å². The highest BCUT2D eigenvalue weighted by atomic mass is 19.1. The van der Waals surface area contributed by atoms with Gasteiger partial charge in [0.05, 0.1) is 0 Å². The zero-order chi connectivity index (χ0) is 19.2. The first-order valence-electron chi connectivity index (χ1n) is 9.88. The Labute approximate surface area is 159 Å². The fourth-order valence-electron chi connectivity index (χ4n) is 4.75. The molecular weight excluding hydrogens is 347 g/mol. The molecule has 0 bridgehead atoms. The molecule has 1 N–H and O–H groups in total. The number of benzene rings is 1. The van der Waals surface area contributed by atoms with E-state index in [0.717, 1.165) is 31.2 Å². The molecule has 1 aliphatic carbocycles. The lowest BCUT2D eigenvalue weighted by Gasteiger charge is -2.39. The second-order valence-corrected chi connectivity index (χ2v) is 8.66. The Kier molecular flexibility index (Phi) is 4.70. The summed E-state index contributed by atoms with van der Waals surface area (Å²) < 4.78 is 14.2. The molecule has 2 aliphatic heterocycles. The molecule has 27 heavy (non-hydrogen) atoms. The number of likely N-dealkylation sites (tertiary alicyclic amines) is 2. The van der Waals surface area contributed by atoms with Crippen LogP contribution in [0.4, 0.5) is 4.39 Å². The molecule has 5 nitrogen and oxygen atoms in total. The fraction of sp³-hybridized carbons (Fsp3) is 0.619. The van der Waals surface area contributed by atoms with Crippen LogP contribution >= 0.6 is 0 Å². The van der Waals surface area contributed by atoms with Crippen LogP contribution in [0.25, 0.3) is 0 Å². The van der Waals surface area contributed by atoms with E-state index in [-0.39, 0.29) is 23.1 Å². The third kappa shape index (κ3) is 3.72. The molecule has 4 rings (SSSR count). The van der Waals surface area contributed by atoms with E-state index in [1.165, 1.54) is 6.07 Å². The van der Waals surface area contributed by atoms with Gasteiger partial charge >= 0.3 is 5.97 Å². The van der Waals surface area contributed by atoms with Gasteiger partial charge in [-0.1, -0.05) is 17.7 Å². The molecule has 2 heterocycles. The third-order valence-corrected chi connectivity index (χ3v) is 6.53. The summed E-state index contributed by atoms with van der Waals surface area (Å²) in [5.74, 6) is -0.613.